The minimum Gasteiger partial charge on any atom is -0.481 e. The number of carbonyl (C=O) groups is 2. The van der Waals surface area contributed by atoms with Gasteiger partial charge >= 0.3 is 5.97 Å². The second kappa shape index (κ2) is 4.40. The molecule has 0 spiro atoms. The van der Waals surface area contributed by atoms with Gasteiger partial charge in [-0.1, -0.05) is 5.16 Å². The van der Waals surface area contributed by atoms with Crippen LogP contribution in [-0.4, -0.2) is 28.2 Å². The topological polar surface area (TPSA) is 92.4 Å². The van der Waals surface area contributed by atoms with Crippen molar-refractivity contribution in [1.82, 2.24) is 10.5 Å². The van der Waals surface area contributed by atoms with Crippen LogP contribution in [0.15, 0.2) is 16.9 Å². The number of carboxylic acids is 1. The summed E-state index contributed by atoms with van der Waals surface area (Å²) >= 11 is 0. The van der Waals surface area contributed by atoms with Gasteiger partial charge in [-0.15, -0.1) is 0 Å². The van der Waals surface area contributed by atoms with E-state index < -0.39 is 17.9 Å². The van der Waals surface area contributed by atoms with Gasteiger partial charge in [0.1, 0.15) is 6.26 Å². The van der Waals surface area contributed by atoms with Gasteiger partial charge in [0, 0.05) is 12.1 Å². The van der Waals surface area contributed by atoms with E-state index in [2.05, 4.69) is 15.0 Å². The molecule has 0 fully saturated rings. The molecule has 0 aliphatic heterocycles. The van der Waals surface area contributed by atoms with Crippen molar-refractivity contribution < 1.29 is 19.2 Å². The van der Waals surface area contributed by atoms with Crippen LogP contribution in [0.5, 0.6) is 0 Å². The van der Waals surface area contributed by atoms with E-state index >= 15 is 0 Å². The standard InChI is InChI=1S/C8H10N2O4/c1-5(4-7(11)12)9-8(13)6-2-3-14-10-6/h2-3,5H,4H2,1H3,(H,9,13)(H,11,12). The number of nitrogens with one attached hydrogen (secondary N) is 1. The number of aliphatic carboxylic acids is 1. The summed E-state index contributed by atoms with van der Waals surface area (Å²) in [5.41, 5.74) is 0.141. The number of carboxylic acid groups (broad SMARTS) is 1. The highest BCUT2D eigenvalue weighted by molar-refractivity contribution is 5.92. The molecule has 2 N–H and O–H groups in total. The number of carbonyl (C=O) groups excluding carboxylic acids is 1. The van der Waals surface area contributed by atoms with E-state index in [1.807, 2.05) is 0 Å². The summed E-state index contributed by atoms with van der Waals surface area (Å²) in [6.45, 7) is 1.60. The highest BCUT2D eigenvalue weighted by atomic mass is 16.5. The van der Waals surface area contributed by atoms with Gasteiger partial charge in [0.25, 0.3) is 5.91 Å². The van der Waals surface area contributed by atoms with Crippen LogP contribution in [0.2, 0.25) is 0 Å². The first kappa shape index (κ1) is 10.2. The molecule has 1 aromatic heterocycles. The third-order valence-corrected chi connectivity index (χ3v) is 1.53. The predicted molar refractivity (Wildman–Crippen MR) is 45.7 cm³/mol. The number of hydrogen-bond donors (Lipinski definition) is 2. The molecule has 0 aromatic carbocycles. The minimum atomic E-state index is -0.960. The Bertz CT molecular complexity index is 320. The smallest absolute Gasteiger partial charge is 0.305 e. The fourth-order valence-electron chi connectivity index (χ4n) is 0.940. The van der Waals surface area contributed by atoms with Crippen molar-refractivity contribution in [2.24, 2.45) is 0 Å². The Morgan fingerprint density at radius 1 is 1.71 bits per heavy atom. The fourth-order valence-corrected chi connectivity index (χ4v) is 0.940. The van der Waals surface area contributed by atoms with Crippen molar-refractivity contribution in [3.05, 3.63) is 18.0 Å². The summed E-state index contributed by atoms with van der Waals surface area (Å²) in [5.74, 6) is -1.40. The number of hydrogen-bond acceptors (Lipinski definition) is 4. The molecule has 0 aliphatic carbocycles. The van der Waals surface area contributed by atoms with Gasteiger partial charge in [-0.3, -0.25) is 9.59 Å². The van der Waals surface area contributed by atoms with Crippen molar-refractivity contribution in [2.75, 3.05) is 0 Å². The van der Waals surface area contributed by atoms with E-state index in [1.54, 1.807) is 6.92 Å². The lowest BCUT2D eigenvalue weighted by Crippen LogP contribution is -2.34. The Morgan fingerprint density at radius 3 is 2.93 bits per heavy atom. The third-order valence-electron chi connectivity index (χ3n) is 1.53. The first-order chi connectivity index (χ1) is 6.59. The highest BCUT2D eigenvalue weighted by Crippen LogP contribution is 1.97. The van der Waals surface area contributed by atoms with Crippen LogP contribution in [0, 0.1) is 0 Å². The molecule has 1 amide bonds. The van der Waals surface area contributed by atoms with Crippen LogP contribution in [0.1, 0.15) is 23.8 Å². The van der Waals surface area contributed by atoms with E-state index in [4.69, 9.17) is 5.11 Å². The van der Waals surface area contributed by atoms with Crippen LogP contribution in [0.3, 0.4) is 0 Å². The molecule has 0 saturated heterocycles. The summed E-state index contributed by atoms with van der Waals surface area (Å²) in [4.78, 5) is 21.6. The molecule has 1 atom stereocenters. The average Bonchev–Trinajstić information content (AvgIpc) is 2.53. The molecule has 1 heterocycles. The average molecular weight is 198 g/mol. The second-order valence-corrected chi connectivity index (χ2v) is 2.86. The number of rotatable bonds is 4. The molecule has 0 aliphatic rings. The Hall–Kier alpha value is -1.85. The lowest BCUT2D eigenvalue weighted by atomic mass is 10.2. The van der Waals surface area contributed by atoms with Crippen LogP contribution >= 0.6 is 0 Å². The Kier molecular flexibility index (Phi) is 3.22. The van der Waals surface area contributed by atoms with E-state index in [0.717, 1.165) is 0 Å². The Labute approximate surface area is 79.9 Å². The SMILES string of the molecule is CC(CC(=O)O)NC(=O)c1ccon1. The van der Waals surface area contributed by atoms with E-state index in [1.165, 1.54) is 12.3 Å². The van der Waals surface area contributed by atoms with Crippen molar-refractivity contribution in [1.29, 1.82) is 0 Å². The summed E-state index contributed by atoms with van der Waals surface area (Å²) in [5, 5.41) is 14.3. The summed E-state index contributed by atoms with van der Waals surface area (Å²) in [6, 6.07) is 0.972. The lowest BCUT2D eigenvalue weighted by Gasteiger charge is -2.09. The monoisotopic (exact) mass is 198 g/mol. The normalized spacial score (nSPS) is 12.1. The molecule has 76 valence electrons. The van der Waals surface area contributed by atoms with Crippen molar-refractivity contribution >= 4 is 11.9 Å². The highest BCUT2D eigenvalue weighted by Gasteiger charge is 2.14. The van der Waals surface area contributed by atoms with E-state index in [-0.39, 0.29) is 12.1 Å². The van der Waals surface area contributed by atoms with Gasteiger partial charge < -0.3 is 14.9 Å². The Morgan fingerprint density at radius 2 is 2.43 bits per heavy atom. The van der Waals surface area contributed by atoms with Gasteiger partial charge in [0.2, 0.25) is 0 Å². The first-order valence-corrected chi connectivity index (χ1v) is 4.02. The van der Waals surface area contributed by atoms with Crippen molar-refractivity contribution in [3.63, 3.8) is 0 Å². The largest absolute Gasteiger partial charge is 0.481 e. The maximum atomic E-state index is 11.3. The zero-order chi connectivity index (χ0) is 10.6. The molecular formula is C8H10N2O4. The van der Waals surface area contributed by atoms with Gasteiger partial charge in [-0.25, -0.2) is 0 Å². The van der Waals surface area contributed by atoms with Crippen molar-refractivity contribution in [2.45, 2.75) is 19.4 Å². The maximum absolute atomic E-state index is 11.3. The molecular weight excluding hydrogens is 188 g/mol. The molecule has 1 unspecified atom stereocenters. The maximum Gasteiger partial charge on any atom is 0.305 e. The summed E-state index contributed by atoms with van der Waals surface area (Å²) < 4.78 is 4.47. The van der Waals surface area contributed by atoms with Gasteiger partial charge in [-0.2, -0.15) is 0 Å². The molecule has 1 aromatic rings. The predicted octanol–water partition coefficient (Wildman–Crippen LogP) is 0.268. The van der Waals surface area contributed by atoms with Crippen LogP contribution in [-0.2, 0) is 4.79 Å². The molecule has 6 heteroatoms. The fraction of sp³-hybridized carbons (Fsp3) is 0.375. The molecule has 14 heavy (non-hydrogen) atoms. The molecule has 0 saturated carbocycles. The first-order valence-electron chi connectivity index (χ1n) is 4.02. The van der Waals surface area contributed by atoms with Gasteiger partial charge in [0.15, 0.2) is 5.69 Å². The van der Waals surface area contributed by atoms with E-state index in [0.29, 0.717) is 0 Å². The van der Waals surface area contributed by atoms with Crippen LogP contribution in [0.25, 0.3) is 0 Å². The van der Waals surface area contributed by atoms with Gasteiger partial charge in [0.05, 0.1) is 6.42 Å². The summed E-state index contributed by atoms with van der Waals surface area (Å²) in [6.07, 6.45) is 1.15. The number of nitrogens with zero attached hydrogens (tertiary/aromatic N) is 1. The third kappa shape index (κ3) is 2.89. The zero-order valence-corrected chi connectivity index (χ0v) is 7.56. The molecule has 1 rings (SSSR count). The van der Waals surface area contributed by atoms with Crippen LogP contribution < -0.4 is 5.32 Å². The van der Waals surface area contributed by atoms with Crippen molar-refractivity contribution in [3.8, 4) is 0 Å². The molecule has 0 radical (unpaired) electrons. The second-order valence-electron chi connectivity index (χ2n) is 2.86. The lowest BCUT2D eigenvalue weighted by molar-refractivity contribution is -0.137. The van der Waals surface area contributed by atoms with Crippen LogP contribution in [0.4, 0.5) is 0 Å². The number of aromatic nitrogens is 1. The molecule has 0 bridgehead atoms. The molecule has 6 nitrogen and oxygen atoms in total. The van der Waals surface area contributed by atoms with E-state index in [9.17, 15) is 9.59 Å². The minimum absolute atomic E-state index is 0.121. The number of amides is 1. The Balaban J connectivity index is 2.45. The van der Waals surface area contributed by atoms with Gasteiger partial charge in [-0.05, 0) is 6.92 Å². The quantitative estimate of drug-likeness (QED) is 0.724. The zero-order valence-electron chi connectivity index (χ0n) is 7.56. The summed E-state index contributed by atoms with van der Waals surface area (Å²) in [7, 11) is 0.